The van der Waals surface area contributed by atoms with Gasteiger partial charge in [0.2, 0.25) is 11.9 Å². The molecule has 1 aromatic rings. The average molecular weight is 275 g/mol. The van der Waals surface area contributed by atoms with Crippen molar-refractivity contribution in [3.05, 3.63) is 6.07 Å². The minimum absolute atomic E-state index is 0.0388. The molecule has 1 aliphatic rings. The number of nitrogen functional groups attached to an aromatic ring is 2. The number of nitrogens with two attached hydrogens (primary N) is 2. The Morgan fingerprint density at radius 1 is 1.39 bits per heavy atom. The molecule has 0 saturated carbocycles. The first-order chi connectivity index (χ1) is 8.27. The summed E-state index contributed by atoms with van der Waals surface area (Å²) in [4.78, 5) is 20.0. The van der Waals surface area contributed by atoms with Crippen LogP contribution in [0.2, 0.25) is 0 Å². The van der Waals surface area contributed by atoms with Crippen molar-refractivity contribution in [2.24, 2.45) is 0 Å². The Morgan fingerprint density at radius 3 is 2.56 bits per heavy atom. The highest BCUT2D eigenvalue weighted by atomic mass is 32.3. The molecule has 8 nitrogen and oxygen atoms in total. The third kappa shape index (κ3) is 2.32. The van der Waals surface area contributed by atoms with Crippen molar-refractivity contribution in [3.8, 4) is 0 Å². The van der Waals surface area contributed by atoms with Crippen LogP contribution in [0.5, 0.6) is 0 Å². The van der Waals surface area contributed by atoms with Crippen LogP contribution in [-0.4, -0.2) is 36.1 Å². The maximum Gasteiger partial charge on any atom is 0.307 e. The van der Waals surface area contributed by atoms with Gasteiger partial charge in [-0.15, -0.1) is 3.89 Å². The predicted octanol–water partition coefficient (Wildman–Crippen LogP) is -0.954. The summed E-state index contributed by atoms with van der Waals surface area (Å²) in [5.74, 6) is -0.601. The topological polar surface area (TPSA) is 132 Å². The third-order valence-corrected chi connectivity index (χ3v) is 3.63. The largest absolute Gasteiger partial charge is 0.383 e. The first-order valence-corrected chi connectivity index (χ1v) is 6.36. The molecule has 4 N–H and O–H groups in total. The van der Waals surface area contributed by atoms with Gasteiger partial charge in [-0.25, -0.2) is 0 Å². The maximum atomic E-state index is 12.8. The van der Waals surface area contributed by atoms with Crippen molar-refractivity contribution >= 4 is 33.7 Å². The number of hydrogen-bond acceptors (Lipinski definition) is 7. The average Bonchev–Trinajstić information content (AvgIpc) is 2.58. The van der Waals surface area contributed by atoms with Crippen molar-refractivity contribution in [2.45, 2.75) is 11.7 Å². The number of aromatic nitrogens is 2. The molecule has 1 unspecified atom stereocenters. The highest BCUT2D eigenvalue weighted by molar-refractivity contribution is 7.87. The lowest BCUT2D eigenvalue weighted by atomic mass is 10.4. The summed E-state index contributed by atoms with van der Waals surface area (Å²) >= 11 is 0. The van der Waals surface area contributed by atoms with Gasteiger partial charge in [0.25, 0.3) is 0 Å². The summed E-state index contributed by atoms with van der Waals surface area (Å²) in [5, 5.41) is -1.39. The van der Waals surface area contributed by atoms with Gasteiger partial charge in [0.05, 0.1) is 0 Å². The molecule has 18 heavy (non-hydrogen) atoms. The third-order valence-electron chi connectivity index (χ3n) is 2.51. The Kier molecular flexibility index (Phi) is 2.81. The first-order valence-electron chi connectivity index (χ1n) is 4.91. The Bertz CT molecular complexity index is 585. The number of carbonyl (C=O) groups excluding carboxylic acids is 1. The second-order valence-corrected chi connectivity index (χ2v) is 5.43. The number of nitrogens with zero attached hydrogens (tertiary/aromatic N) is 3. The van der Waals surface area contributed by atoms with Gasteiger partial charge < -0.3 is 11.5 Å². The van der Waals surface area contributed by atoms with E-state index < -0.39 is 27.8 Å². The normalized spacial score (nSPS) is 20.4. The fraction of sp³-hybridized carbons (Fsp3) is 0.375. The van der Waals surface area contributed by atoms with Crippen LogP contribution < -0.4 is 16.4 Å². The van der Waals surface area contributed by atoms with E-state index in [2.05, 4.69) is 9.97 Å². The zero-order chi connectivity index (χ0) is 13.5. The fourth-order valence-electron chi connectivity index (χ4n) is 1.69. The molecule has 2 heterocycles. The number of anilines is 3. The molecule has 1 aliphatic heterocycles. The molecule has 1 fully saturated rings. The van der Waals surface area contributed by atoms with Crippen LogP contribution in [0.4, 0.5) is 21.5 Å². The smallest absolute Gasteiger partial charge is 0.307 e. The lowest BCUT2D eigenvalue weighted by Crippen LogP contribution is -2.28. The number of rotatable bonds is 2. The quantitative estimate of drug-likeness (QED) is 0.664. The standard InChI is InChI=1S/C8H10FN5O3S/c9-18(16,17)4-1-7(15)14(3-4)6-2-5(10)12-8(11)13-6/h2,4H,1,3H2,(H4,10,11,12,13). The van der Waals surface area contributed by atoms with E-state index in [-0.39, 0.29) is 24.1 Å². The molecule has 98 valence electrons. The van der Waals surface area contributed by atoms with E-state index in [0.717, 1.165) is 4.90 Å². The number of amides is 1. The minimum Gasteiger partial charge on any atom is -0.383 e. The summed E-state index contributed by atoms with van der Waals surface area (Å²) in [7, 11) is -4.77. The highest BCUT2D eigenvalue weighted by Crippen LogP contribution is 2.25. The van der Waals surface area contributed by atoms with Gasteiger partial charge >= 0.3 is 10.2 Å². The van der Waals surface area contributed by atoms with Gasteiger partial charge in [0, 0.05) is 19.0 Å². The molecule has 0 aliphatic carbocycles. The summed E-state index contributed by atoms with van der Waals surface area (Å²) in [6.45, 7) is -0.312. The molecule has 2 rings (SSSR count). The van der Waals surface area contributed by atoms with Crippen LogP contribution in [0.1, 0.15) is 6.42 Å². The maximum absolute atomic E-state index is 12.8. The van der Waals surface area contributed by atoms with E-state index >= 15 is 0 Å². The summed E-state index contributed by atoms with van der Waals surface area (Å²) < 4.78 is 34.4. The molecular weight excluding hydrogens is 265 g/mol. The minimum atomic E-state index is -4.77. The Balaban J connectivity index is 2.32. The summed E-state index contributed by atoms with van der Waals surface area (Å²) in [6.07, 6.45) is -0.428. The van der Waals surface area contributed by atoms with Gasteiger partial charge in [-0.1, -0.05) is 0 Å². The zero-order valence-electron chi connectivity index (χ0n) is 9.08. The van der Waals surface area contributed by atoms with Crippen molar-refractivity contribution in [3.63, 3.8) is 0 Å². The van der Waals surface area contributed by atoms with E-state index in [1.54, 1.807) is 0 Å². The highest BCUT2D eigenvalue weighted by Gasteiger charge is 2.39. The first kappa shape index (κ1) is 12.5. The molecular formula is C8H10FN5O3S. The Morgan fingerprint density at radius 2 is 2.06 bits per heavy atom. The molecule has 0 radical (unpaired) electrons. The second-order valence-electron chi connectivity index (χ2n) is 3.82. The molecule has 0 spiro atoms. The molecule has 1 amide bonds. The van der Waals surface area contributed by atoms with Gasteiger partial charge in [-0.05, 0) is 0 Å². The zero-order valence-corrected chi connectivity index (χ0v) is 9.89. The number of carbonyl (C=O) groups is 1. The van der Waals surface area contributed by atoms with Crippen LogP contribution in [0.25, 0.3) is 0 Å². The molecule has 1 atom stereocenters. The van der Waals surface area contributed by atoms with Crippen LogP contribution >= 0.6 is 0 Å². The van der Waals surface area contributed by atoms with Gasteiger partial charge in [0.15, 0.2) is 0 Å². The second kappa shape index (κ2) is 4.05. The molecule has 0 aromatic carbocycles. The fourth-order valence-corrected chi connectivity index (χ4v) is 2.36. The molecule has 1 aromatic heterocycles. The Hall–Kier alpha value is -1.97. The van der Waals surface area contributed by atoms with Gasteiger partial charge in [-0.2, -0.15) is 18.4 Å². The van der Waals surface area contributed by atoms with E-state index in [0.29, 0.717) is 0 Å². The van der Waals surface area contributed by atoms with Crippen LogP contribution in [0, 0.1) is 0 Å². The summed E-state index contributed by atoms with van der Waals surface area (Å²) in [5.41, 5.74) is 10.8. The molecule has 10 heteroatoms. The monoisotopic (exact) mass is 275 g/mol. The van der Waals surface area contributed by atoms with Crippen molar-refractivity contribution in [1.29, 1.82) is 0 Å². The summed E-state index contributed by atoms with van der Waals surface area (Å²) in [6, 6.07) is 1.27. The van der Waals surface area contributed by atoms with Crippen molar-refractivity contribution in [2.75, 3.05) is 22.9 Å². The van der Waals surface area contributed by atoms with Gasteiger partial charge in [-0.3, -0.25) is 9.69 Å². The lowest BCUT2D eigenvalue weighted by molar-refractivity contribution is -0.117. The molecule has 1 saturated heterocycles. The molecule has 0 bridgehead atoms. The lowest BCUT2D eigenvalue weighted by Gasteiger charge is -2.15. The van der Waals surface area contributed by atoms with Gasteiger partial charge in [0.1, 0.15) is 16.9 Å². The van der Waals surface area contributed by atoms with E-state index in [1.807, 2.05) is 0 Å². The Labute approximate surface area is 102 Å². The number of hydrogen-bond donors (Lipinski definition) is 2. The van der Waals surface area contributed by atoms with E-state index in [9.17, 15) is 17.1 Å². The van der Waals surface area contributed by atoms with Crippen LogP contribution in [0.3, 0.4) is 0 Å². The van der Waals surface area contributed by atoms with Crippen LogP contribution in [-0.2, 0) is 15.0 Å². The van der Waals surface area contributed by atoms with E-state index in [4.69, 9.17) is 11.5 Å². The van der Waals surface area contributed by atoms with E-state index in [1.165, 1.54) is 6.07 Å². The van der Waals surface area contributed by atoms with Crippen molar-refractivity contribution < 1.29 is 17.1 Å². The number of halogens is 1. The SMILES string of the molecule is Nc1cc(N2CC(S(=O)(=O)F)CC2=O)nc(N)n1. The van der Waals surface area contributed by atoms with Crippen molar-refractivity contribution in [1.82, 2.24) is 9.97 Å². The predicted molar refractivity (Wildman–Crippen MR) is 61.6 cm³/mol. The van der Waals surface area contributed by atoms with Crippen LogP contribution in [0.15, 0.2) is 6.07 Å².